The maximum Gasteiger partial charge on any atom is 0.0543 e. The van der Waals surface area contributed by atoms with Crippen LogP contribution in [-0.2, 0) is 0 Å². The lowest BCUT2D eigenvalue weighted by atomic mass is 9.99. The normalized spacial score (nSPS) is 11.3. The molecule has 6 aromatic rings. The second kappa shape index (κ2) is 7.01. The molecule has 0 aliphatic carbocycles. The van der Waals surface area contributed by atoms with E-state index in [1.807, 2.05) is 11.3 Å². The summed E-state index contributed by atoms with van der Waals surface area (Å²) < 4.78 is 2.24. The van der Waals surface area contributed by atoms with Crippen molar-refractivity contribution in [3.05, 3.63) is 116 Å². The molecule has 0 saturated carbocycles. The topological polar surface area (TPSA) is 4.41 Å². The van der Waals surface area contributed by atoms with Gasteiger partial charge < -0.3 is 4.40 Å². The van der Waals surface area contributed by atoms with Crippen LogP contribution in [0.3, 0.4) is 0 Å². The van der Waals surface area contributed by atoms with E-state index in [-0.39, 0.29) is 0 Å². The van der Waals surface area contributed by atoms with Gasteiger partial charge in [0.25, 0.3) is 0 Å². The van der Waals surface area contributed by atoms with Gasteiger partial charge in [0.2, 0.25) is 0 Å². The zero-order chi connectivity index (χ0) is 19.9. The molecule has 0 saturated heterocycles. The maximum atomic E-state index is 2.26. The van der Waals surface area contributed by atoms with Crippen molar-refractivity contribution in [2.45, 2.75) is 0 Å². The number of hydrogen-bond acceptors (Lipinski definition) is 1. The Labute approximate surface area is 179 Å². The Hall–Kier alpha value is -3.62. The first-order valence-electron chi connectivity index (χ1n) is 10.1. The standard InChI is InChI=1S/C28H19NS/c1-3-11-20(12-4-1)24-19-29-18-10-9-17-25(29)26(24)28-23-16-8-7-15-22(23)27(30-28)21-13-5-2-6-14-21/h1-19H. The lowest BCUT2D eigenvalue weighted by molar-refractivity contribution is 1.20. The summed E-state index contributed by atoms with van der Waals surface area (Å²) in [7, 11) is 0. The van der Waals surface area contributed by atoms with Crippen molar-refractivity contribution in [1.82, 2.24) is 4.40 Å². The van der Waals surface area contributed by atoms with E-state index in [1.54, 1.807) is 0 Å². The van der Waals surface area contributed by atoms with Crippen molar-refractivity contribution in [3.63, 3.8) is 0 Å². The predicted molar refractivity (Wildman–Crippen MR) is 129 cm³/mol. The molecule has 142 valence electrons. The first-order valence-corrected chi connectivity index (χ1v) is 10.9. The molecule has 0 unspecified atom stereocenters. The van der Waals surface area contributed by atoms with Gasteiger partial charge in [-0.1, -0.05) is 91.0 Å². The van der Waals surface area contributed by atoms with Gasteiger partial charge in [0.1, 0.15) is 0 Å². The molecule has 0 atom stereocenters. The highest BCUT2D eigenvalue weighted by Gasteiger charge is 2.20. The summed E-state index contributed by atoms with van der Waals surface area (Å²) in [6.45, 7) is 0. The molecule has 6 rings (SSSR count). The Kier molecular flexibility index (Phi) is 4.03. The van der Waals surface area contributed by atoms with Gasteiger partial charge in [0, 0.05) is 44.0 Å². The first-order chi connectivity index (χ1) is 14.9. The average molecular weight is 402 g/mol. The van der Waals surface area contributed by atoms with Gasteiger partial charge in [0.05, 0.1) is 5.52 Å². The maximum absolute atomic E-state index is 2.26. The minimum atomic E-state index is 1.24. The second-order valence-corrected chi connectivity index (χ2v) is 8.47. The third-order valence-corrected chi connectivity index (χ3v) is 6.94. The summed E-state index contributed by atoms with van der Waals surface area (Å²) in [6.07, 6.45) is 4.40. The van der Waals surface area contributed by atoms with E-state index in [0.717, 1.165) is 0 Å². The van der Waals surface area contributed by atoms with E-state index in [1.165, 1.54) is 48.3 Å². The molecule has 0 aliphatic rings. The second-order valence-electron chi connectivity index (χ2n) is 7.45. The Morgan fingerprint density at radius 1 is 0.533 bits per heavy atom. The summed E-state index contributed by atoms with van der Waals surface area (Å²) in [4.78, 5) is 2.66. The highest BCUT2D eigenvalue weighted by atomic mass is 32.1. The minimum absolute atomic E-state index is 1.24. The van der Waals surface area contributed by atoms with Crippen molar-refractivity contribution >= 4 is 27.6 Å². The molecule has 0 aliphatic heterocycles. The van der Waals surface area contributed by atoms with Crippen molar-refractivity contribution in [1.29, 1.82) is 0 Å². The van der Waals surface area contributed by atoms with Gasteiger partial charge in [0.15, 0.2) is 0 Å². The smallest absolute Gasteiger partial charge is 0.0543 e. The lowest BCUT2D eigenvalue weighted by Gasteiger charge is -2.04. The minimum Gasteiger partial charge on any atom is -0.323 e. The van der Waals surface area contributed by atoms with Crippen molar-refractivity contribution in [3.8, 4) is 32.0 Å². The zero-order valence-corrected chi connectivity index (χ0v) is 17.1. The van der Waals surface area contributed by atoms with Gasteiger partial charge in [-0.3, -0.25) is 0 Å². The third kappa shape index (κ3) is 2.69. The van der Waals surface area contributed by atoms with Crippen LogP contribution in [0.25, 0.3) is 48.3 Å². The van der Waals surface area contributed by atoms with Crippen LogP contribution in [0.15, 0.2) is 116 Å². The van der Waals surface area contributed by atoms with Crippen LogP contribution in [0.2, 0.25) is 0 Å². The van der Waals surface area contributed by atoms with E-state index in [2.05, 4.69) is 120 Å². The monoisotopic (exact) mass is 401 g/mol. The van der Waals surface area contributed by atoms with Crippen LogP contribution in [0.4, 0.5) is 0 Å². The predicted octanol–water partition coefficient (Wildman–Crippen LogP) is 8.16. The molecule has 0 radical (unpaired) electrons. The molecule has 0 N–H and O–H groups in total. The van der Waals surface area contributed by atoms with E-state index >= 15 is 0 Å². The highest BCUT2D eigenvalue weighted by molar-refractivity contribution is 7.21. The molecule has 3 heterocycles. The number of thiophene rings is 1. The molecular weight excluding hydrogens is 382 g/mol. The van der Waals surface area contributed by atoms with E-state index in [4.69, 9.17) is 0 Å². The Morgan fingerprint density at radius 3 is 1.87 bits per heavy atom. The molecular formula is C28H19NS. The summed E-state index contributed by atoms with van der Waals surface area (Å²) in [5.41, 5.74) is 6.34. The SMILES string of the molecule is c1ccc(-c2cn3ccccc3c2-c2sc(-c3ccccc3)c3ccccc23)cc1. The van der Waals surface area contributed by atoms with Crippen molar-refractivity contribution < 1.29 is 0 Å². The summed E-state index contributed by atoms with van der Waals surface area (Å²) in [5.74, 6) is 0. The molecule has 0 amide bonds. The van der Waals surface area contributed by atoms with E-state index < -0.39 is 0 Å². The average Bonchev–Trinajstić information content (AvgIpc) is 3.39. The van der Waals surface area contributed by atoms with Crippen LogP contribution in [0.5, 0.6) is 0 Å². The quantitative estimate of drug-likeness (QED) is 0.282. The molecule has 0 spiro atoms. The number of hydrogen-bond donors (Lipinski definition) is 0. The number of fused-ring (bicyclic) bond motifs is 2. The molecule has 0 bridgehead atoms. The van der Waals surface area contributed by atoms with Crippen molar-refractivity contribution in [2.24, 2.45) is 0 Å². The fourth-order valence-electron chi connectivity index (χ4n) is 4.28. The molecule has 3 aromatic heterocycles. The summed E-state index contributed by atoms with van der Waals surface area (Å²) >= 11 is 1.89. The first kappa shape index (κ1) is 17.3. The fraction of sp³-hybridized carbons (Fsp3) is 0. The Balaban J connectivity index is 1.72. The molecule has 30 heavy (non-hydrogen) atoms. The Bertz CT molecular complexity index is 1470. The molecule has 2 heteroatoms. The summed E-state index contributed by atoms with van der Waals surface area (Å²) in [5, 5.41) is 2.63. The van der Waals surface area contributed by atoms with Gasteiger partial charge >= 0.3 is 0 Å². The summed E-state index contributed by atoms with van der Waals surface area (Å²) in [6, 6.07) is 36.7. The van der Waals surface area contributed by atoms with E-state index in [9.17, 15) is 0 Å². The number of aromatic nitrogens is 1. The van der Waals surface area contributed by atoms with Gasteiger partial charge in [-0.25, -0.2) is 0 Å². The third-order valence-electron chi connectivity index (χ3n) is 5.65. The molecule has 0 fully saturated rings. The van der Waals surface area contributed by atoms with Crippen LogP contribution in [0.1, 0.15) is 0 Å². The number of nitrogens with zero attached hydrogens (tertiary/aromatic N) is 1. The van der Waals surface area contributed by atoms with Gasteiger partial charge in [-0.2, -0.15) is 0 Å². The largest absolute Gasteiger partial charge is 0.323 e. The molecule has 3 aromatic carbocycles. The van der Waals surface area contributed by atoms with Crippen LogP contribution in [-0.4, -0.2) is 4.40 Å². The zero-order valence-electron chi connectivity index (χ0n) is 16.3. The van der Waals surface area contributed by atoms with Crippen LogP contribution in [0, 0.1) is 0 Å². The lowest BCUT2D eigenvalue weighted by Crippen LogP contribution is -1.80. The number of benzene rings is 3. The molecule has 1 nitrogen and oxygen atoms in total. The van der Waals surface area contributed by atoms with Gasteiger partial charge in [-0.15, -0.1) is 11.3 Å². The number of rotatable bonds is 3. The van der Waals surface area contributed by atoms with E-state index in [0.29, 0.717) is 0 Å². The van der Waals surface area contributed by atoms with Gasteiger partial charge in [-0.05, 0) is 23.3 Å². The van der Waals surface area contributed by atoms with Crippen LogP contribution >= 0.6 is 11.3 Å². The van der Waals surface area contributed by atoms with Crippen LogP contribution < -0.4 is 0 Å². The highest BCUT2D eigenvalue weighted by Crippen LogP contribution is 2.48. The fourth-order valence-corrected chi connectivity index (χ4v) is 5.63. The number of pyridine rings is 1. The van der Waals surface area contributed by atoms with Crippen molar-refractivity contribution in [2.75, 3.05) is 0 Å². The Morgan fingerprint density at radius 2 is 1.13 bits per heavy atom.